The lowest BCUT2D eigenvalue weighted by molar-refractivity contribution is -0.133. The molecule has 1 N–H and O–H groups in total. The number of nitrogens with zero attached hydrogens (tertiary/aromatic N) is 2. The number of urea groups is 1. The Morgan fingerprint density at radius 1 is 1.00 bits per heavy atom. The average molecular weight is 594 g/mol. The molecular weight excluding hydrogens is 565 g/mol. The summed E-state index contributed by atoms with van der Waals surface area (Å²) in [6.45, 7) is 2.07. The van der Waals surface area contributed by atoms with Crippen LogP contribution in [0.3, 0.4) is 0 Å². The molecule has 0 saturated heterocycles. The second-order valence-corrected chi connectivity index (χ2v) is 10.3. The smallest absolute Gasteiger partial charge is 0.322 e. The molecule has 0 saturated carbocycles. The van der Waals surface area contributed by atoms with Gasteiger partial charge in [-0.1, -0.05) is 43.1 Å². The molecule has 9 nitrogen and oxygen atoms in total. The summed E-state index contributed by atoms with van der Waals surface area (Å²) in [7, 11) is 0. The van der Waals surface area contributed by atoms with Crippen molar-refractivity contribution in [2.45, 2.75) is 32.9 Å². The minimum atomic E-state index is -0.607. The highest BCUT2D eigenvalue weighted by Crippen LogP contribution is 2.33. The highest BCUT2D eigenvalue weighted by molar-refractivity contribution is 6.31. The van der Waals surface area contributed by atoms with Crippen LogP contribution in [0.15, 0.2) is 76.1 Å². The quantitative estimate of drug-likeness (QED) is 0.236. The van der Waals surface area contributed by atoms with E-state index in [-0.39, 0.29) is 49.7 Å². The van der Waals surface area contributed by atoms with Gasteiger partial charge in [-0.2, -0.15) is 0 Å². The molecule has 0 bridgehead atoms. The number of anilines is 1. The van der Waals surface area contributed by atoms with Crippen molar-refractivity contribution in [2.75, 3.05) is 25.2 Å². The molecule has 0 atom stereocenters. The van der Waals surface area contributed by atoms with Crippen LogP contribution < -0.4 is 20.2 Å². The van der Waals surface area contributed by atoms with E-state index in [0.717, 1.165) is 12.0 Å². The number of amides is 3. The van der Waals surface area contributed by atoms with Crippen molar-refractivity contribution < 1.29 is 27.9 Å². The van der Waals surface area contributed by atoms with Crippen LogP contribution in [0.2, 0.25) is 5.02 Å². The number of ether oxygens (including phenoxy) is 2. The van der Waals surface area contributed by atoms with Crippen LogP contribution in [-0.4, -0.2) is 41.6 Å². The van der Waals surface area contributed by atoms with E-state index in [2.05, 4.69) is 5.32 Å². The molecule has 4 aromatic rings. The standard InChI is InChI=1S/C31H29ClFN3O6/c1-2-3-12-35(31(39)34-25-7-5-4-6-24(25)33)17-29(37)36(15-20-8-10-27-28(13-20)42-19-41-27)16-21-18-40-26-11-9-22(32)14-23(26)30(21)38/h4-11,13-14,18H,2-3,12,15-17,19H2,1H3,(H,34,39). The van der Waals surface area contributed by atoms with Gasteiger partial charge in [0, 0.05) is 18.1 Å². The van der Waals surface area contributed by atoms with E-state index in [9.17, 15) is 18.8 Å². The molecule has 0 unspecified atom stereocenters. The Hall–Kier alpha value is -4.57. The molecule has 42 heavy (non-hydrogen) atoms. The number of carbonyl (C=O) groups is 2. The van der Waals surface area contributed by atoms with Crippen molar-refractivity contribution in [3.8, 4) is 11.5 Å². The molecule has 0 fully saturated rings. The zero-order chi connectivity index (χ0) is 29.6. The van der Waals surface area contributed by atoms with E-state index >= 15 is 0 Å². The first-order chi connectivity index (χ1) is 20.3. The van der Waals surface area contributed by atoms with Gasteiger partial charge in [0.1, 0.15) is 17.9 Å². The number of halogens is 2. The van der Waals surface area contributed by atoms with Crippen LogP contribution in [0.5, 0.6) is 11.5 Å². The molecule has 1 aromatic heterocycles. The summed E-state index contributed by atoms with van der Waals surface area (Å²) in [5.41, 5.74) is 1.05. The van der Waals surface area contributed by atoms with Crippen molar-refractivity contribution in [1.82, 2.24) is 9.80 Å². The number of unbranched alkanes of at least 4 members (excludes halogenated alkanes) is 1. The Kier molecular flexibility index (Phi) is 8.92. The summed E-state index contributed by atoms with van der Waals surface area (Å²) < 4.78 is 30.8. The maximum atomic E-state index is 14.2. The van der Waals surface area contributed by atoms with Crippen molar-refractivity contribution >= 4 is 40.2 Å². The van der Waals surface area contributed by atoms with Crippen LogP contribution in [-0.2, 0) is 17.9 Å². The zero-order valence-corrected chi connectivity index (χ0v) is 23.7. The number of hydrogen-bond acceptors (Lipinski definition) is 6. The molecule has 3 aromatic carbocycles. The predicted octanol–water partition coefficient (Wildman–Crippen LogP) is 6.18. The molecule has 2 heterocycles. The molecule has 5 rings (SSSR count). The van der Waals surface area contributed by atoms with E-state index in [1.807, 2.05) is 6.92 Å². The zero-order valence-electron chi connectivity index (χ0n) is 22.9. The van der Waals surface area contributed by atoms with Crippen LogP contribution in [0, 0.1) is 5.82 Å². The van der Waals surface area contributed by atoms with E-state index in [1.54, 1.807) is 36.4 Å². The number of hydrogen-bond donors (Lipinski definition) is 1. The molecule has 1 aliphatic rings. The third-order valence-electron chi connectivity index (χ3n) is 6.84. The minimum Gasteiger partial charge on any atom is -0.464 e. The third-order valence-corrected chi connectivity index (χ3v) is 7.08. The lowest BCUT2D eigenvalue weighted by Crippen LogP contribution is -2.45. The summed E-state index contributed by atoms with van der Waals surface area (Å²) in [6.07, 6.45) is 2.74. The molecule has 0 radical (unpaired) electrons. The molecular formula is C31H29ClFN3O6. The Bertz CT molecular complexity index is 1680. The summed E-state index contributed by atoms with van der Waals surface area (Å²) in [5, 5.41) is 3.24. The summed E-state index contributed by atoms with van der Waals surface area (Å²) >= 11 is 6.12. The fourth-order valence-electron chi connectivity index (χ4n) is 4.57. The summed E-state index contributed by atoms with van der Waals surface area (Å²) in [6, 6.07) is 15.3. The largest absolute Gasteiger partial charge is 0.464 e. The highest BCUT2D eigenvalue weighted by Gasteiger charge is 2.24. The van der Waals surface area contributed by atoms with E-state index in [4.69, 9.17) is 25.5 Å². The van der Waals surface area contributed by atoms with Gasteiger partial charge < -0.3 is 29.0 Å². The van der Waals surface area contributed by atoms with E-state index in [1.165, 1.54) is 40.3 Å². The number of benzene rings is 3. The number of nitrogens with one attached hydrogen (secondary N) is 1. The molecule has 3 amide bonds. The van der Waals surface area contributed by atoms with Crippen LogP contribution >= 0.6 is 11.6 Å². The van der Waals surface area contributed by atoms with Crippen molar-refractivity contribution in [1.29, 1.82) is 0 Å². The summed E-state index contributed by atoms with van der Waals surface area (Å²) in [5.74, 6) is 0.145. The van der Waals surface area contributed by atoms with Crippen LogP contribution in [0.1, 0.15) is 30.9 Å². The molecule has 1 aliphatic heterocycles. The van der Waals surface area contributed by atoms with E-state index in [0.29, 0.717) is 33.9 Å². The van der Waals surface area contributed by atoms with E-state index < -0.39 is 17.8 Å². The lowest BCUT2D eigenvalue weighted by Gasteiger charge is -2.28. The monoisotopic (exact) mass is 593 g/mol. The molecule has 11 heteroatoms. The van der Waals surface area contributed by atoms with Crippen molar-refractivity contribution in [2.24, 2.45) is 0 Å². The number of para-hydroxylation sites is 1. The maximum absolute atomic E-state index is 14.2. The van der Waals surface area contributed by atoms with Crippen LogP contribution in [0.25, 0.3) is 11.0 Å². The fraction of sp³-hybridized carbons (Fsp3) is 0.258. The first kappa shape index (κ1) is 28.9. The van der Waals surface area contributed by atoms with Gasteiger partial charge in [-0.25, -0.2) is 9.18 Å². The van der Waals surface area contributed by atoms with Crippen molar-refractivity contribution in [3.05, 3.63) is 99.1 Å². The number of rotatable bonds is 10. The van der Waals surface area contributed by atoms with Crippen LogP contribution in [0.4, 0.5) is 14.9 Å². The highest BCUT2D eigenvalue weighted by atomic mass is 35.5. The third kappa shape index (κ3) is 6.66. The van der Waals surface area contributed by atoms with Gasteiger partial charge >= 0.3 is 6.03 Å². The first-order valence-corrected chi connectivity index (χ1v) is 13.9. The average Bonchev–Trinajstić information content (AvgIpc) is 3.45. The topological polar surface area (TPSA) is 101 Å². The maximum Gasteiger partial charge on any atom is 0.322 e. The van der Waals surface area contributed by atoms with Gasteiger partial charge in [-0.3, -0.25) is 9.59 Å². The SMILES string of the molecule is CCCCN(CC(=O)N(Cc1ccc2c(c1)OCO2)Cc1coc2ccc(Cl)cc2c1=O)C(=O)Nc1ccccc1F. The Balaban J connectivity index is 1.42. The molecule has 0 spiro atoms. The predicted molar refractivity (Wildman–Crippen MR) is 156 cm³/mol. The number of fused-ring (bicyclic) bond motifs is 2. The van der Waals surface area contributed by atoms with Gasteiger partial charge in [0.15, 0.2) is 16.9 Å². The Morgan fingerprint density at radius 3 is 2.62 bits per heavy atom. The van der Waals surface area contributed by atoms with Gasteiger partial charge in [0.25, 0.3) is 0 Å². The first-order valence-electron chi connectivity index (χ1n) is 13.5. The lowest BCUT2D eigenvalue weighted by atomic mass is 10.1. The molecule has 218 valence electrons. The van der Waals surface area contributed by atoms with Crippen molar-refractivity contribution in [3.63, 3.8) is 0 Å². The fourth-order valence-corrected chi connectivity index (χ4v) is 4.74. The van der Waals surface area contributed by atoms with Gasteiger partial charge in [0.05, 0.1) is 29.4 Å². The molecule has 0 aliphatic carbocycles. The minimum absolute atomic E-state index is 0.0149. The Morgan fingerprint density at radius 2 is 1.81 bits per heavy atom. The normalized spacial score (nSPS) is 11.9. The van der Waals surface area contributed by atoms with Gasteiger partial charge in [0.2, 0.25) is 12.7 Å². The second-order valence-electron chi connectivity index (χ2n) is 9.85. The van der Waals surface area contributed by atoms with Gasteiger partial charge in [-0.05, 0) is 54.4 Å². The Labute approximate surface area is 246 Å². The number of carbonyl (C=O) groups excluding carboxylic acids is 2. The summed E-state index contributed by atoms with van der Waals surface area (Å²) in [4.78, 5) is 43.2. The van der Waals surface area contributed by atoms with Gasteiger partial charge in [-0.15, -0.1) is 0 Å². The second kappa shape index (κ2) is 12.9.